The Kier molecular flexibility index (Phi) is 7.60. The van der Waals surface area contributed by atoms with Crippen LogP contribution in [0.15, 0.2) is 72.8 Å². The molecule has 1 aliphatic rings. The number of hydrogen-bond donors (Lipinski definition) is 1. The lowest BCUT2D eigenvalue weighted by Crippen LogP contribution is -2.49. The summed E-state index contributed by atoms with van der Waals surface area (Å²) in [6.07, 6.45) is -0.771. The molecule has 0 bridgehead atoms. The van der Waals surface area contributed by atoms with Crippen molar-refractivity contribution in [1.29, 1.82) is 0 Å². The van der Waals surface area contributed by atoms with Gasteiger partial charge in [0.1, 0.15) is 5.75 Å². The van der Waals surface area contributed by atoms with Crippen LogP contribution in [0.1, 0.15) is 17.3 Å². The second-order valence-electron chi connectivity index (χ2n) is 7.99. The molecule has 2 amide bonds. The zero-order valence-electron chi connectivity index (χ0n) is 18.7. The number of nitrogens with zero attached hydrogens (tertiary/aromatic N) is 2. The van der Waals surface area contributed by atoms with E-state index in [-0.39, 0.29) is 11.8 Å². The van der Waals surface area contributed by atoms with Crippen LogP contribution in [0.4, 0.5) is 11.4 Å². The molecule has 8 heteroatoms. The molecule has 0 radical (unpaired) electrons. The first kappa shape index (κ1) is 23.9. The number of carbonyl (C=O) groups is 2. The summed E-state index contributed by atoms with van der Waals surface area (Å²) in [6, 6.07) is 21.8. The van der Waals surface area contributed by atoms with Crippen LogP contribution in [0.2, 0.25) is 10.0 Å². The number of rotatable bonds is 6. The Balaban J connectivity index is 1.39. The third-order valence-electron chi connectivity index (χ3n) is 5.66. The van der Waals surface area contributed by atoms with Crippen LogP contribution in [-0.4, -0.2) is 49.0 Å². The highest BCUT2D eigenvalue weighted by molar-refractivity contribution is 6.35. The van der Waals surface area contributed by atoms with Crippen molar-refractivity contribution < 1.29 is 14.3 Å². The molecule has 1 aliphatic heterocycles. The molecule has 0 saturated carbocycles. The average Bonchev–Trinajstić information content (AvgIpc) is 2.86. The third kappa shape index (κ3) is 5.64. The highest BCUT2D eigenvalue weighted by atomic mass is 35.5. The fourth-order valence-corrected chi connectivity index (χ4v) is 4.27. The minimum Gasteiger partial charge on any atom is -0.479 e. The number of halogens is 2. The van der Waals surface area contributed by atoms with E-state index in [9.17, 15) is 9.59 Å². The Labute approximate surface area is 209 Å². The molecule has 176 valence electrons. The normalized spacial score (nSPS) is 14.4. The van der Waals surface area contributed by atoms with E-state index in [2.05, 4.69) is 10.2 Å². The van der Waals surface area contributed by atoms with Crippen LogP contribution in [-0.2, 0) is 4.79 Å². The Hall–Kier alpha value is -3.22. The lowest BCUT2D eigenvalue weighted by Gasteiger charge is -2.37. The van der Waals surface area contributed by atoms with Crippen molar-refractivity contribution in [2.75, 3.05) is 36.4 Å². The maximum atomic E-state index is 12.9. The lowest BCUT2D eigenvalue weighted by atomic mass is 10.1. The van der Waals surface area contributed by atoms with Gasteiger partial charge in [-0.05, 0) is 49.4 Å². The van der Waals surface area contributed by atoms with Gasteiger partial charge >= 0.3 is 0 Å². The SMILES string of the molecule is C[C@H](Oc1ccc(Cl)cc1Cl)C(=O)Nc1ccccc1N1CCN(C(=O)c2ccccc2)CC1. The number of carbonyl (C=O) groups excluding carboxylic acids is 2. The monoisotopic (exact) mass is 497 g/mol. The van der Waals surface area contributed by atoms with E-state index in [0.29, 0.717) is 53.2 Å². The van der Waals surface area contributed by atoms with E-state index in [1.165, 1.54) is 0 Å². The summed E-state index contributed by atoms with van der Waals surface area (Å²) in [5, 5.41) is 3.80. The van der Waals surface area contributed by atoms with Crippen molar-refractivity contribution in [2.45, 2.75) is 13.0 Å². The zero-order valence-corrected chi connectivity index (χ0v) is 20.2. The molecule has 1 heterocycles. The molecular weight excluding hydrogens is 473 g/mol. The van der Waals surface area contributed by atoms with Crippen LogP contribution >= 0.6 is 23.2 Å². The highest BCUT2D eigenvalue weighted by Crippen LogP contribution is 2.30. The Bertz CT molecular complexity index is 1160. The molecule has 3 aromatic rings. The van der Waals surface area contributed by atoms with Gasteiger partial charge in [0, 0.05) is 36.8 Å². The van der Waals surface area contributed by atoms with E-state index >= 15 is 0 Å². The van der Waals surface area contributed by atoms with Gasteiger partial charge < -0.3 is 19.9 Å². The van der Waals surface area contributed by atoms with E-state index in [4.69, 9.17) is 27.9 Å². The molecule has 0 spiro atoms. The fourth-order valence-electron chi connectivity index (χ4n) is 3.82. The molecule has 1 saturated heterocycles. The molecule has 3 aromatic carbocycles. The van der Waals surface area contributed by atoms with Gasteiger partial charge in [0.2, 0.25) is 0 Å². The number of ether oxygens (including phenoxy) is 1. The summed E-state index contributed by atoms with van der Waals surface area (Å²) in [7, 11) is 0. The average molecular weight is 498 g/mol. The zero-order chi connectivity index (χ0) is 24.1. The third-order valence-corrected chi connectivity index (χ3v) is 6.19. The number of nitrogens with one attached hydrogen (secondary N) is 1. The van der Waals surface area contributed by atoms with Crippen LogP contribution < -0.4 is 15.0 Å². The molecular formula is C26H25Cl2N3O3. The molecule has 1 fully saturated rings. The summed E-state index contributed by atoms with van der Waals surface area (Å²) in [4.78, 5) is 29.6. The maximum absolute atomic E-state index is 12.9. The lowest BCUT2D eigenvalue weighted by molar-refractivity contribution is -0.122. The van der Waals surface area contributed by atoms with Crippen LogP contribution in [0.3, 0.4) is 0 Å². The van der Waals surface area contributed by atoms with Crippen LogP contribution in [0.5, 0.6) is 5.75 Å². The number of para-hydroxylation sites is 2. The quantitative estimate of drug-likeness (QED) is 0.497. The summed E-state index contributed by atoms with van der Waals surface area (Å²) in [5.74, 6) is 0.131. The second kappa shape index (κ2) is 10.8. The molecule has 1 atom stereocenters. The Morgan fingerprint density at radius 3 is 2.29 bits per heavy atom. The van der Waals surface area contributed by atoms with Crippen LogP contribution in [0, 0.1) is 0 Å². The fraction of sp³-hybridized carbons (Fsp3) is 0.231. The maximum Gasteiger partial charge on any atom is 0.265 e. The summed E-state index contributed by atoms with van der Waals surface area (Å²) in [5.41, 5.74) is 2.28. The molecule has 0 aliphatic carbocycles. The van der Waals surface area contributed by atoms with Crippen molar-refractivity contribution >= 4 is 46.4 Å². The topological polar surface area (TPSA) is 61.9 Å². The van der Waals surface area contributed by atoms with E-state index in [1.807, 2.05) is 59.5 Å². The van der Waals surface area contributed by atoms with Crippen LogP contribution in [0.25, 0.3) is 0 Å². The molecule has 0 unspecified atom stereocenters. The van der Waals surface area contributed by atoms with Gasteiger partial charge in [-0.15, -0.1) is 0 Å². The number of benzene rings is 3. The highest BCUT2D eigenvalue weighted by Gasteiger charge is 2.24. The molecule has 1 N–H and O–H groups in total. The van der Waals surface area contributed by atoms with Gasteiger partial charge in [-0.2, -0.15) is 0 Å². The summed E-state index contributed by atoms with van der Waals surface area (Å²) >= 11 is 12.1. The first-order chi connectivity index (χ1) is 16.4. The van der Waals surface area contributed by atoms with E-state index in [0.717, 1.165) is 5.69 Å². The summed E-state index contributed by atoms with van der Waals surface area (Å²) < 4.78 is 5.74. The van der Waals surface area contributed by atoms with Crippen molar-refractivity contribution in [3.8, 4) is 5.75 Å². The molecule has 0 aromatic heterocycles. The minimum absolute atomic E-state index is 0.0358. The van der Waals surface area contributed by atoms with Crippen molar-refractivity contribution in [1.82, 2.24) is 4.90 Å². The smallest absolute Gasteiger partial charge is 0.265 e. The molecule has 34 heavy (non-hydrogen) atoms. The molecule has 4 rings (SSSR count). The standard InChI is InChI=1S/C26H25Cl2N3O3/c1-18(34-24-12-11-20(27)17-21(24)28)25(32)29-22-9-5-6-10-23(22)30-13-15-31(16-14-30)26(33)19-7-3-2-4-8-19/h2-12,17-18H,13-16H2,1H3,(H,29,32)/t18-/m0/s1. The van der Waals surface area contributed by atoms with E-state index in [1.54, 1.807) is 25.1 Å². The number of hydrogen-bond acceptors (Lipinski definition) is 4. The first-order valence-electron chi connectivity index (χ1n) is 11.0. The van der Waals surface area contributed by atoms with Gasteiger partial charge in [-0.3, -0.25) is 9.59 Å². The van der Waals surface area contributed by atoms with E-state index < -0.39 is 6.10 Å². The minimum atomic E-state index is -0.771. The number of piperazine rings is 1. The first-order valence-corrected chi connectivity index (χ1v) is 11.8. The van der Waals surface area contributed by atoms with Crippen molar-refractivity contribution in [2.24, 2.45) is 0 Å². The van der Waals surface area contributed by atoms with Gasteiger partial charge in [0.25, 0.3) is 11.8 Å². The Morgan fingerprint density at radius 1 is 0.912 bits per heavy atom. The Morgan fingerprint density at radius 2 is 1.59 bits per heavy atom. The van der Waals surface area contributed by atoms with Gasteiger partial charge in [0.05, 0.1) is 16.4 Å². The summed E-state index contributed by atoms with van der Waals surface area (Å²) in [6.45, 7) is 4.20. The predicted octanol–water partition coefficient (Wildman–Crippen LogP) is 5.36. The van der Waals surface area contributed by atoms with Gasteiger partial charge in [0.15, 0.2) is 6.10 Å². The molecule has 6 nitrogen and oxygen atoms in total. The van der Waals surface area contributed by atoms with Crippen molar-refractivity contribution in [3.63, 3.8) is 0 Å². The number of anilines is 2. The second-order valence-corrected chi connectivity index (χ2v) is 8.83. The van der Waals surface area contributed by atoms with Gasteiger partial charge in [-0.25, -0.2) is 0 Å². The van der Waals surface area contributed by atoms with Gasteiger partial charge in [-0.1, -0.05) is 53.5 Å². The number of amides is 2. The van der Waals surface area contributed by atoms with Crippen molar-refractivity contribution in [3.05, 3.63) is 88.4 Å². The predicted molar refractivity (Wildman–Crippen MR) is 136 cm³/mol. The largest absolute Gasteiger partial charge is 0.479 e.